The molecule has 0 heterocycles. The van der Waals surface area contributed by atoms with Gasteiger partial charge in [-0.15, -0.1) is 0 Å². The molecule has 0 fully saturated rings. The molecule has 0 unspecified atom stereocenters. The Morgan fingerprint density at radius 3 is 1.72 bits per heavy atom. The van der Waals surface area contributed by atoms with Gasteiger partial charge in [-0.1, -0.05) is 115 Å². The molecule has 32 heavy (non-hydrogen) atoms. The van der Waals surface area contributed by atoms with E-state index in [2.05, 4.69) is 122 Å². The predicted octanol–water partition coefficient (Wildman–Crippen LogP) is 8.01. The molecule has 2 aliphatic rings. The Balaban J connectivity index is 1.65. The fourth-order valence-electron chi connectivity index (χ4n) is 6.07. The summed E-state index contributed by atoms with van der Waals surface area (Å²) in [5, 5.41) is 0. The van der Waals surface area contributed by atoms with E-state index in [1.807, 2.05) is 0 Å². The average molecular weight is 407 g/mol. The first-order valence-corrected chi connectivity index (χ1v) is 11.3. The van der Waals surface area contributed by atoms with E-state index in [0.29, 0.717) is 0 Å². The first-order chi connectivity index (χ1) is 15.8. The van der Waals surface area contributed by atoms with Gasteiger partial charge in [0.05, 0.1) is 5.41 Å². The van der Waals surface area contributed by atoms with Crippen molar-refractivity contribution in [1.82, 2.24) is 0 Å². The molecule has 0 saturated heterocycles. The van der Waals surface area contributed by atoms with Gasteiger partial charge in [0.25, 0.3) is 0 Å². The molecule has 1 spiro atoms. The molecule has 0 saturated carbocycles. The number of aryl methyl sites for hydroxylation is 1. The van der Waals surface area contributed by atoms with Crippen molar-refractivity contribution in [2.45, 2.75) is 12.3 Å². The summed E-state index contributed by atoms with van der Waals surface area (Å²) in [5.41, 5.74) is 14.6. The van der Waals surface area contributed by atoms with Crippen LogP contribution >= 0.6 is 0 Å². The van der Waals surface area contributed by atoms with Crippen molar-refractivity contribution in [2.75, 3.05) is 0 Å². The van der Waals surface area contributed by atoms with E-state index >= 15 is 0 Å². The van der Waals surface area contributed by atoms with Crippen molar-refractivity contribution in [3.8, 4) is 33.4 Å². The molecule has 5 aromatic rings. The average Bonchev–Trinajstić information content (AvgIpc) is 3.31. The van der Waals surface area contributed by atoms with E-state index in [1.54, 1.807) is 0 Å². The molecule has 0 N–H and O–H groups in total. The van der Waals surface area contributed by atoms with Crippen molar-refractivity contribution in [1.29, 1.82) is 0 Å². The third kappa shape index (κ3) is 2.12. The Morgan fingerprint density at radius 1 is 0.406 bits per heavy atom. The summed E-state index contributed by atoms with van der Waals surface area (Å²) in [6.07, 6.45) is 0. The van der Waals surface area contributed by atoms with Crippen molar-refractivity contribution < 1.29 is 0 Å². The van der Waals surface area contributed by atoms with E-state index in [0.717, 1.165) is 0 Å². The van der Waals surface area contributed by atoms with Crippen molar-refractivity contribution in [3.63, 3.8) is 0 Å². The van der Waals surface area contributed by atoms with E-state index in [9.17, 15) is 0 Å². The molecular formula is C32H22. The zero-order valence-corrected chi connectivity index (χ0v) is 18.0. The lowest BCUT2D eigenvalue weighted by atomic mass is 9.70. The summed E-state index contributed by atoms with van der Waals surface area (Å²) in [4.78, 5) is 0. The third-order valence-corrected chi connectivity index (χ3v) is 7.35. The van der Waals surface area contributed by atoms with Crippen LogP contribution in [0.15, 0.2) is 115 Å². The van der Waals surface area contributed by atoms with Gasteiger partial charge in [-0.2, -0.15) is 0 Å². The van der Waals surface area contributed by atoms with E-state index < -0.39 is 0 Å². The van der Waals surface area contributed by atoms with Crippen LogP contribution in [-0.4, -0.2) is 0 Å². The number of hydrogen-bond acceptors (Lipinski definition) is 0. The summed E-state index contributed by atoms with van der Waals surface area (Å²) in [7, 11) is 0. The maximum atomic E-state index is 2.44. The van der Waals surface area contributed by atoms with Crippen LogP contribution in [0.4, 0.5) is 0 Å². The normalized spacial score (nSPS) is 14.0. The van der Waals surface area contributed by atoms with Gasteiger partial charge in [0, 0.05) is 0 Å². The van der Waals surface area contributed by atoms with E-state index in [1.165, 1.54) is 61.2 Å². The summed E-state index contributed by atoms with van der Waals surface area (Å²) in [5.74, 6) is 0. The van der Waals surface area contributed by atoms with Gasteiger partial charge < -0.3 is 0 Å². The lowest BCUT2D eigenvalue weighted by molar-refractivity contribution is 0.794. The molecule has 5 aromatic carbocycles. The first-order valence-electron chi connectivity index (χ1n) is 11.3. The SMILES string of the molecule is Cc1ccc2c(c1)-c1ccc(-c3ccccc3)cc1C21c2ccccc2-c2ccccc21. The van der Waals surface area contributed by atoms with Crippen LogP contribution in [0.2, 0.25) is 0 Å². The molecule has 0 aliphatic heterocycles. The van der Waals surface area contributed by atoms with Crippen LogP contribution in [0.3, 0.4) is 0 Å². The summed E-state index contributed by atoms with van der Waals surface area (Å²) in [6, 6.07) is 42.8. The van der Waals surface area contributed by atoms with Crippen LogP contribution in [0.1, 0.15) is 27.8 Å². The molecule has 0 atom stereocenters. The molecule has 0 heteroatoms. The third-order valence-electron chi connectivity index (χ3n) is 7.35. The molecule has 7 rings (SSSR count). The minimum absolute atomic E-state index is 0.268. The fraction of sp³-hybridized carbons (Fsp3) is 0.0625. The molecule has 0 aromatic heterocycles. The van der Waals surface area contributed by atoms with Gasteiger partial charge in [-0.3, -0.25) is 0 Å². The largest absolute Gasteiger partial charge is 0.0725 e. The van der Waals surface area contributed by atoms with Gasteiger partial charge in [0.1, 0.15) is 0 Å². The van der Waals surface area contributed by atoms with Gasteiger partial charge in [0.2, 0.25) is 0 Å². The Hall–Kier alpha value is -3.90. The van der Waals surface area contributed by atoms with Gasteiger partial charge in [-0.25, -0.2) is 0 Å². The minimum Gasteiger partial charge on any atom is -0.0622 e. The smallest absolute Gasteiger partial charge is 0.0622 e. The van der Waals surface area contributed by atoms with Crippen molar-refractivity contribution >= 4 is 0 Å². The summed E-state index contributed by atoms with van der Waals surface area (Å²) in [6.45, 7) is 2.19. The van der Waals surface area contributed by atoms with Crippen LogP contribution in [0.5, 0.6) is 0 Å². The molecule has 0 nitrogen and oxygen atoms in total. The lowest BCUT2D eigenvalue weighted by Gasteiger charge is -2.30. The monoisotopic (exact) mass is 406 g/mol. The first kappa shape index (κ1) is 17.7. The highest BCUT2D eigenvalue weighted by molar-refractivity contribution is 5.95. The standard InChI is InChI=1S/C32H22/c1-21-15-18-30-27(19-21)26-17-16-23(22-9-3-2-4-10-22)20-31(26)32(30)28-13-7-5-11-24(28)25-12-6-8-14-29(25)32/h2-20H,1H3. The molecule has 2 aliphatic carbocycles. The predicted molar refractivity (Wildman–Crippen MR) is 133 cm³/mol. The van der Waals surface area contributed by atoms with E-state index in [4.69, 9.17) is 0 Å². The summed E-state index contributed by atoms with van der Waals surface area (Å²) < 4.78 is 0. The maximum absolute atomic E-state index is 2.44. The highest BCUT2D eigenvalue weighted by Crippen LogP contribution is 2.63. The number of rotatable bonds is 1. The topological polar surface area (TPSA) is 0 Å². The van der Waals surface area contributed by atoms with Gasteiger partial charge >= 0.3 is 0 Å². The maximum Gasteiger partial charge on any atom is 0.0725 e. The van der Waals surface area contributed by atoms with Crippen LogP contribution in [-0.2, 0) is 5.41 Å². The second-order valence-corrected chi connectivity index (χ2v) is 9.02. The molecular weight excluding hydrogens is 384 g/mol. The lowest BCUT2D eigenvalue weighted by Crippen LogP contribution is -2.25. The van der Waals surface area contributed by atoms with Crippen molar-refractivity contribution in [2.24, 2.45) is 0 Å². The zero-order valence-electron chi connectivity index (χ0n) is 18.0. The number of fused-ring (bicyclic) bond motifs is 10. The molecule has 150 valence electrons. The van der Waals surface area contributed by atoms with Gasteiger partial charge in [0.15, 0.2) is 0 Å². The Morgan fingerprint density at radius 2 is 1.00 bits per heavy atom. The quantitative estimate of drug-likeness (QED) is 0.259. The van der Waals surface area contributed by atoms with Crippen molar-refractivity contribution in [3.05, 3.63) is 143 Å². The van der Waals surface area contributed by atoms with Crippen LogP contribution in [0.25, 0.3) is 33.4 Å². The van der Waals surface area contributed by atoms with E-state index in [-0.39, 0.29) is 5.41 Å². The molecule has 0 bridgehead atoms. The zero-order chi connectivity index (χ0) is 21.3. The highest BCUT2D eigenvalue weighted by Gasteiger charge is 2.51. The second kappa shape index (κ2) is 6.31. The Labute approximate surface area is 188 Å². The Kier molecular flexibility index (Phi) is 3.50. The summed E-state index contributed by atoms with van der Waals surface area (Å²) >= 11 is 0. The minimum atomic E-state index is -0.268. The second-order valence-electron chi connectivity index (χ2n) is 9.02. The van der Waals surface area contributed by atoms with Crippen LogP contribution in [0, 0.1) is 6.92 Å². The fourth-order valence-corrected chi connectivity index (χ4v) is 6.07. The molecule has 0 amide bonds. The van der Waals surface area contributed by atoms with Crippen LogP contribution < -0.4 is 0 Å². The number of benzene rings is 5. The number of hydrogen-bond donors (Lipinski definition) is 0. The Bertz CT molecular complexity index is 1480. The van der Waals surface area contributed by atoms with Gasteiger partial charge in [-0.05, 0) is 68.6 Å². The molecule has 0 radical (unpaired) electrons. The highest BCUT2D eigenvalue weighted by atomic mass is 14.5.